The molecule has 0 aromatic carbocycles. The number of nitrogens with one attached hydrogen (secondary N) is 1. The number of hydrogen-bond acceptors (Lipinski definition) is 2. The number of pyridine rings is 1. The van der Waals surface area contributed by atoms with Crippen molar-refractivity contribution in [2.24, 2.45) is 5.41 Å². The summed E-state index contributed by atoms with van der Waals surface area (Å²) in [5.41, 5.74) is 1.64. The lowest BCUT2D eigenvalue weighted by atomic mass is 10.1. The molecule has 1 heterocycles. The smallest absolute Gasteiger partial charge is 0.0312 e. The van der Waals surface area contributed by atoms with Gasteiger partial charge in [0.1, 0.15) is 0 Å². The van der Waals surface area contributed by atoms with Crippen LogP contribution in [0.3, 0.4) is 0 Å². The Hall–Kier alpha value is -0.600. The van der Waals surface area contributed by atoms with Crippen LogP contribution in [0.2, 0.25) is 0 Å². The number of nitrogens with zero attached hydrogens (tertiary/aromatic N) is 1. The maximum Gasteiger partial charge on any atom is 0.0312 e. The van der Waals surface area contributed by atoms with E-state index in [9.17, 15) is 0 Å². The maximum absolute atomic E-state index is 5.89. The molecule has 1 aliphatic carbocycles. The molecule has 1 aliphatic rings. The Morgan fingerprint density at radius 3 is 2.93 bits per heavy atom. The second-order valence-electron chi connectivity index (χ2n) is 4.10. The van der Waals surface area contributed by atoms with Crippen molar-refractivity contribution in [2.75, 3.05) is 12.4 Å². The monoisotopic (exact) mass is 210 g/mol. The van der Waals surface area contributed by atoms with E-state index in [2.05, 4.69) is 16.4 Å². The predicted molar refractivity (Wildman–Crippen MR) is 58.3 cm³/mol. The normalized spacial score (nSPS) is 18.1. The van der Waals surface area contributed by atoms with Crippen LogP contribution in [-0.2, 0) is 6.54 Å². The molecule has 0 saturated heterocycles. The fraction of sp³-hybridized carbons (Fsp3) is 0.545. The molecule has 2 nitrogen and oxygen atoms in total. The minimum atomic E-state index is 0.407. The summed E-state index contributed by atoms with van der Waals surface area (Å²) in [5, 5.41) is 3.43. The highest BCUT2D eigenvalue weighted by molar-refractivity contribution is 6.18. The Balaban J connectivity index is 1.73. The fourth-order valence-corrected chi connectivity index (χ4v) is 1.87. The summed E-state index contributed by atoms with van der Waals surface area (Å²) < 4.78 is 0. The van der Waals surface area contributed by atoms with Gasteiger partial charge in [-0.1, -0.05) is 6.07 Å². The van der Waals surface area contributed by atoms with Gasteiger partial charge in [-0.05, 0) is 29.9 Å². The first-order valence-corrected chi connectivity index (χ1v) is 5.54. The van der Waals surface area contributed by atoms with Crippen LogP contribution in [0.25, 0.3) is 0 Å². The topological polar surface area (TPSA) is 24.9 Å². The molecule has 0 spiro atoms. The van der Waals surface area contributed by atoms with E-state index in [-0.39, 0.29) is 0 Å². The molecule has 0 bridgehead atoms. The van der Waals surface area contributed by atoms with Crippen molar-refractivity contribution >= 4 is 11.6 Å². The van der Waals surface area contributed by atoms with Crippen molar-refractivity contribution in [3.05, 3.63) is 30.1 Å². The van der Waals surface area contributed by atoms with Gasteiger partial charge in [-0.2, -0.15) is 0 Å². The number of alkyl halides is 1. The summed E-state index contributed by atoms with van der Waals surface area (Å²) >= 11 is 5.89. The average Bonchev–Trinajstić information content (AvgIpc) is 3.00. The highest BCUT2D eigenvalue weighted by Gasteiger charge is 2.40. The Bertz CT molecular complexity index is 283. The molecule has 1 aromatic rings. The van der Waals surface area contributed by atoms with Gasteiger partial charge in [-0.25, -0.2) is 0 Å². The molecule has 2 rings (SSSR count). The second-order valence-corrected chi connectivity index (χ2v) is 4.37. The third-order valence-electron chi connectivity index (χ3n) is 2.79. The van der Waals surface area contributed by atoms with Crippen LogP contribution in [0.15, 0.2) is 24.5 Å². The average molecular weight is 211 g/mol. The van der Waals surface area contributed by atoms with E-state index in [0.717, 1.165) is 19.0 Å². The minimum Gasteiger partial charge on any atom is -0.312 e. The molecule has 0 unspecified atom stereocenters. The molecule has 14 heavy (non-hydrogen) atoms. The Morgan fingerprint density at radius 2 is 2.36 bits per heavy atom. The van der Waals surface area contributed by atoms with Crippen LogP contribution >= 0.6 is 11.6 Å². The molecule has 3 heteroatoms. The molecule has 0 aliphatic heterocycles. The van der Waals surface area contributed by atoms with E-state index in [1.165, 1.54) is 18.4 Å². The molecule has 0 amide bonds. The minimum absolute atomic E-state index is 0.407. The van der Waals surface area contributed by atoms with Crippen LogP contribution in [0, 0.1) is 5.41 Å². The van der Waals surface area contributed by atoms with Gasteiger partial charge in [-0.3, -0.25) is 4.98 Å². The fourth-order valence-electron chi connectivity index (χ4n) is 1.51. The summed E-state index contributed by atoms with van der Waals surface area (Å²) in [5.74, 6) is 0.785. The standard InChI is InChI=1S/C11H15ClN2/c12-8-11(3-4-11)9-14-7-10-2-1-5-13-6-10/h1-2,5-6,14H,3-4,7-9H2. The molecule has 1 aromatic heterocycles. The summed E-state index contributed by atoms with van der Waals surface area (Å²) in [4.78, 5) is 4.07. The molecule has 76 valence electrons. The number of hydrogen-bond donors (Lipinski definition) is 1. The molecular formula is C11H15ClN2. The van der Waals surface area contributed by atoms with Gasteiger partial charge in [0.15, 0.2) is 0 Å². The van der Waals surface area contributed by atoms with E-state index in [0.29, 0.717) is 5.41 Å². The third kappa shape index (κ3) is 2.46. The zero-order valence-electron chi connectivity index (χ0n) is 8.17. The van der Waals surface area contributed by atoms with Gasteiger partial charge in [0.25, 0.3) is 0 Å². The summed E-state index contributed by atoms with van der Waals surface area (Å²) in [6.07, 6.45) is 6.24. The largest absolute Gasteiger partial charge is 0.312 e. The first-order chi connectivity index (χ1) is 6.85. The van der Waals surface area contributed by atoms with Crippen molar-refractivity contribution in [2.45, 2.75) is 19.4 Å². The van der Waals surface area contributed by atoms with E-state index in [1.807, 2.05) is 12.3 Å². The van der Waals surface area contributed by atoms with E-state index >= 15 is 0 Å². The highest BCUT2D eigenvalue weighted by Crippen LogP contribution is 2.45. The van der Waals surface area contributed by atoms with Crippen LogP contribution in [-0.4, -0.2) is 17.4 Å². The Labute approximate surface area is 89.7 Å². The van der Waals surface area contributed by atoms with Crippen LogP contribution in [0.1, 0.15) is 18.4 Å². The van der Waals surface area contributed by atoms with Crippen LogP contribution in [0.5, 0.6) is 0 Å². The van der Waals surface area contributed by atoms with E-state index in [1.54, 1.807) is 6.20 Å². The zero-order chi connectivity index (χ0) is 9.86. The van der Waals surface area contributed by atoms with E-state index in [4.69, 9.17) is 11.6 Å². The molecule has 0 atom stereocenters. The SMILES string of the molecule is ClCC1(CNCc2cccnc2)CC1. The lowest BCUT2D eigenvalue weighted by Gasteiger charge is -2.11. The summed E-state index contributed by atoms with van der Waals surface area (Å²) in [7, 11) is 0. The number of halogens is 1. The Kier molecular flexibility index (Phi) is 3.04. The van der Waals surface area contributed by atoms with Crippen molar-refractivity contribution in [3.63, 3.8) is 0 Å². The molecule has 1 saturated carbocycles. The quantitative estimate of drug-likeness (QED) is 0.754. The maximum atomic E-state index is 5.89. The highest BCUT2D eigenvalue weighted by atomic mass is 35.5. The van der Waals surface area contributed by atoms with Gasteiger partial charge in [0.2, 0.25) is 0 Å². The molecular weight excluding hydrogens is 196 g/mol. The van der Waals surface area contributed by atoms with Gasteiger partial charge < -0.3 is 5.32 Å². The lowest BCUT2D eigenvalue weighted by molar-refractivity contribution is 0.504. The van der Waals surface area contributed by atoms with Crippen molar-refractivity contribution < 1.29 is 0 Å². The Morgan fingerprint density at radius 1 is 1.50 bits per heavy atom. The summed E-state index contributed by atoms with van der Waals surface area (Å²) in [6.45, 7) is 1.93. The molecule has 1 fully saturated rings. The van der Waals surface area contributed by atoms with Crippen molar-refractivity contribution in [1.82, 2.24) is 10.3 Å². The molecule has 0 radical (unpaired) electrons. The summed E-state index contributed by atoms with van der Waals surface area (Å²) in [6, 6.07) is 4.05. The van der Waals surface area contributed by atoms with Gasteiger partial charge in [-0.15, -0.1) is 11.6 Å². The third-order valence-corrected chi connectivity index (χ3v) is 3.36. The second kappa shape index (κ2) is 4.28. The number of aromatic nitrogens is 1. The van der Waals surface area contributed by atoms with Crippen molar-refractivity contribution in [3.8, 4) is 0 Å². The van der Waals surface area contributed by atoms with Crippen LogP contribution < -0.4 is 5.32 Å². The van der Waals surface area contributed by atoms with Crippen molar-refractivity contribution in [1.29, 1.82) is 0 Å². The van der Waals surface area contributed by atoms with Gasteiger partial charge in [0.05, 0.1) is 0 Å². The van der Waals surface area contributed by atoms with E-state index < -0.39 is 0 Å². The zero-order valence-corrected chi connectivity index (χ0v) is 8.93. The molecule has 1 N–H and O–H groups in total. The predicted octanol–water partition coefficient (Wildman–Crippen LogP) is 2.19. The first kappa shape index (κ1) is 9.94. The first-order valence-electron chi connectivity index (χ1n) is 5.00. The number of rotatable bonds is 5. The van der Waals surface area contributed by atoms with Gasteiger partial charge in [0, 0.05) is 31.4 Å². The van der Waals surface area contributed by atoms with Gasteiger partial charge >= 0.3 is 0 Å². The van der Waals surface area contributed by atoms with Crippen LogP contribution in [0.4, 0.5) is 0 Å². The lowest BCUT2D eigenvalue weighted by Crippen LogP contribution is -2.24.